The molecule has 2 aromatic rings. The Balaban J connectivity index is 2.10. The predicted octanol–water partition coefficient (Wildman–Crippen LogP) is 5.04. The average Bonchev–Trinajstić information content (AvgIpc) is 2.61. The van der Waals surface area contributed by atoms with Crippen LogP contribution in [-0.2, 0) is 4.79 Å². The van der Waals surface area contributed by atoms with E-state index in [2.05, 4.69) is 43.4 Å². The molecule has 2 rings (SSSR count). The Morgan fingerprint density at radius 1 is 1.00 bits per heavy atom. The first-order valence-corrected chi connectivity index (χ1v) is 9.06. The van der Waals surface area contributed by atoms with Crippen molar-refractivity contribution in [1.29, 1.82) is 0 Å². The standard InChI is InChI=1S/C22H29NO2/c1-6-19(18-13-11-15(3)12-14-18)23-22(24)20(7-2)25-21-10-8-9-16(4)17(21)5/h8-14,19-20H,6-7H2,1-5H3,(H,23,24)/t19-,20-/m1/s1. The number of hydrogen-bond donors (Lipinski definition) is 1. The number of nitrogens with one attached hydrogen (secondary N) is 1. The lowest BCUT2D eigenvalue weighted by molar-refractivity contribution is -0.129. The molecule has 1 N–H and O–H groups in total. The van der Waals surface area contributed by atoms with Crippen molar-refractivity contribution in [3.63, 3.8) is 0 Å². The molecular weight excluding hydrogens is 310 g/mol. The number of carbonyl (C=O) groups excluding carboxylic acids is 1. The van der Waals surface area contributed by atoms with Crippen molar-refractivity contribution < 1.29 is 9.53 Å². The van der Waals surface area contributed by atoms with Gasteiger partial charge >= 0.3 is 0 Å². The molecule has 1 amide bonds. The molecule has 3 nitrogen and oxygen atoms in total. The molecule has 2 aromatic carbocycles. The quantitative estimate of drug-likeness (QED) is 0.768. The van der Waals surface area contributed by atoms with E-state index in [1.807, 2.05) is 39.0 Å². The van der Waals surface area contributed by atoms with Crippen LogP contribution in [0.2, 0.25) is 0 Å². The van der Waals surface area contributed by atoms with Crippen LogP contribution in [0.3, 0.4) is 0 Å². The van der Waals surface area contributed by atoms with Crippen LogP contribution in [0.15, 0.2) is 42.5 Å². The van der Waals surface area contributed by atoms with Crippen LogP contribution in [0.25, 0.3) is 0 Å². The van der Waals surface area contributed by atoms with Crippen molar-refractivity contribution in [3.8, 4) is 5.75 Å². The minimum Gasteiger partial charge on any atom is -0.480 e. The molecule has 0 aliphatic rings. The average molecular weight is 339 g/mol. The lowest BCUT2D eigenvalue weighted by Gasteiger charge is -2.23. The Bertz CT molecular complexity index is 706. The van der Waals surface area contributed by atoms with Crippen LogP contribution < -0.4 is 10.1 Å². The van der Waals surface area contributed by atoms with Crippen LogP contribution in [0.5, 0.6) is 5.75 Å². The van der Waals surface area contributed by atoms with Crippen LogP contribution >= 0.6 is 0 Å². The number of aryl methyl sites for hydroxylation is 2. The highest BCUT2D eigenvalue weighted by molar-refractivity contribution is 5.81. The van der Waals surface area contributed by atoms with Crippen molar-refractivity contribution in [3.05, 3.63) is 64.7 Å². The van der Waals surface area contributed by atoms with Gasteiger partial charge < -0.3 is 10.1 Å². The molecule has 25 heavy (non-hydrogen) atoms. The summed E-state index contributed by atoms with van der Waals surface area (Å²) in [5.74, 6) is 0.723. The zero-order valence-electron chi connectivity index (χ0n) is 15.9. The van der Waals surface area contributed by atoms with Gasteiger partial charge in [-0.2, -0.15) is 0 Å². The van der Waals surface area contributed by atoms with Crippen LogP contribution in [0.4, 0.5) is 0 Å². The zero-order valence-corrected chi connectivity index (χ0v) is 15.9. The Hall–Kier alpha value is -2.29. The number of carbonyl (C=O) groups is 1. The van der Waals surface area contributed by atoms with Gasteiger partial charge in [-0.25, -0.2) is 0 Å². The summed E-state index contributed by atoms with van der Waals surface area (Å²) in [4.78, 5) is 12.7. The highest BCUT2D eigenvalue weighted by atomic mass is 16.5. The van der Waals surface area contributed by atoms with Gasteiger partial charge in [0.2, 0.25) is 0 Å². The van der Waals surface area contributed by atoms with Crippen molar-refractivity contribution in [2.24, 2.45) is 0 Å². The fraction of sp³-hybridized carbons (Fsp3) is 0.409. The second-order valence-corrected chi connectivity index (χ2v) is 6.59. The first-order valence-electron chi connectivity index (χ1n) is 9.06. The van der Waals surface area contributed by atoms with Crippen LogP contribution in [0, 0.1) is 20.8 Å². The van der Waals surface area contributed by atoms with Gasteiger partial charge in [-0.3, -0.25) is 4.79 Å². The highest BCUT2D eigenvalue weighted by Gasteiger charge is 2.22. The molecule has 0 fully saturated rings. The molecule has 134 valence electrons. The molecule has 3 heteroatoms. The predicted molar refractivity (Wildman–Crippen MR) is 103 cm³/mol. The topological polar surface area (TPSA) is 38.3 Å². The van der Waals surface area contributed by atoms with Gasteiger partial charge in [0.05, 0.1) is 6.04 Å². The molecule has 2 atom stereocenters. The third-order valence-electron chi connectivity index (χ3n) is 4.69. The summed E-state index contributed by atoms with van der Waals surface area (Å²) in [5.41, 5.74) is 4.59. The minimum absolute atomic E-state index is 0.00403. The van der Waals surface area contributed by atoms with Gasteiger partial charge in [0, 0.05) is 0 Å². The van der Waals surface area contributed by atoms with Crippen molar-refractivity contribution in [2.75, 3.05) is 0 Å². The van der Waals surface area contributed by atoms with Gasteiger partial charge in [0.1, 0.15) is 5.75 Å². The van der Waals surface area contributed by atoms with Crippen LogP contribution in [-0.4, -0.2) is 12.0 Å². The van der Waals surface area contributed by atoms with E-state index in [9.17, 15) is 4.79 Å². The molecule has 0 aliphatic heterocycles. The van der Waals surface area contributed by atoms with E-state index in [4.69, 9.17) is 4.74 Å². The highest BCUT2D eigenvalue weighted by Crippen LogP contribution is 2.23. The largest absolute Gasteiger partial charge is 0.480 e. The fourth-order valence-corrected chi connectivity index (χ4v) is 2.81. The summed E-state index contributed by atoms with van der Waals surface area (Å²) in [6.45, 7) is 10.2. The summed E-state index contributed by atoms with van der Waals surface area (Å²) in [7, 11) is 0. The third kappa shape index (κ3) is 4.85. The fourth-order valence-electron chi connectivity index (χ4n) is 2.81. The van der Waals surface area contributed by atoms with E-state index in [1.54, 1.807) is 0 Å². The molecule has 0 saturated heterocycles. The second-order valence-electron chi connectivity index (χ2n) is 6.59. The van der Waals surface area contributed by atoms with E-state index in [0.717, 1.165) is 23.3 Å². The molecule has 0 heterocycles. The first-order chi connectivity index (χ1) is 12.0. The number of benzene rings is 2. The van der Waals surface area contributed by atoms with E-state index in [-0.39, 0.29) is 11.9 Å². The SMILES string of the molecule is CC[C@@H](Oc1cccc(C)c1C)C(=O)N[C@H](CC)c1ccc(C)cc1. The van der Waals surface area contributed by atoms with E-state index in [0.29, 0.717) is 6.42 Å². The molecule has 0 aliphatic carbocycles. The minimum atomic E-state index is -0.486. The Morgan fingerprint density at radius 3 is 2.28 bits per heavy atom. The maximum absolute atomic E-state index is 12.7. The van der Waals surface area contributed by atoms with Gasteiger partial charge in [0.25, 0.3) is 5.91 Å². The van der Waals surface area contributed by atoms with Crippen LogP contribution in [0.1, 0.15) is 55.0 Å². The molecule has 0 unspecified atom stereocenters. The Morgan fingerprint density at radius 2 is 1.68 bits per heavy atom. The molecule has 0 bridgehead atoms. The van der Waals surface area contributed by atoms with E-state index in [1.165, 1.54) is 11.1 Å². The van der Waals surface area contributed by atoms with Crippen molar-refractivity contribution in [2.45, 2.75) is 59.6 Å². The monoisotopic (exact) mass is 339 g/mol. The maximum Gasteiger partial charge on any atom is 0.261 e. The lowest BCUT2D eigenvalue weighted by atomic mass is 10.0. The second kappa shape index (κ2) is 8.70. The van der Waals surface area contributed by atoms with Gasteiger partial charge in [-0.05, 0) is 56.4 Å². The Kier molecular flexibility index (Phi) is 6.63. The first kappa shape index (κ1) is 19.0. The molecular formula is C22H29NO2. The van der Waals surface area contributed by atoms with Crippen molar-refractivity contribution >= 4 is 5.91 Å². The summed E-state index contributed by atoms with van der Waals surface area (Å²) in [6.07, 6.45) is 0.984. The molecule has 0 aromatic heterocycles. The molecule has 0 radical (unpaired) electrons. The van der Waals surface area contributed by atoms with Gasteiger partial charge in [-0.15, -0.1) is 0 Å². The summed E-state index contributed by atoms with van der Waals surface area (Å²) in [5, 5.41) is 3.14. The number of amides is 1. The summed E-state index contributed by atoms with van der Waals surface area (Å²) < 4.78 is 6.03. The Labute approximate surface area is 151 Å². The van der Waals surface area contributed by atoms with E-state index < -0.39 is 6.10 Å². The normalized spacial score (nSPS) is 13.2. The van der Waals surface area contributed by atoms with Gasteiger partial charge in [0.15, 0.2) is 6.10 Å². The third-order valence-corrected chi connectivity index (χ3v) is 4.69. The molecule has 0 spiro atoms. The number of rotatable bonds is 7. The summed E-state index contributed by atoms with van der Waals surface area (Å²) in [6, 6.07) is 14.3. The number of hydrogen-bond acceptors (Lipinski definition) is 2. The smallest absolute Gasteiger partial charge is 0.261 e. The summed E-state index contributed by atoms with van der Waals surface area (Å²) >= 11 is 0. The number of ether oxygens (including phenoxy) is 1. The lowest BCUT2D eigenvalue weighted by Crippen LogP contribution is -2.40. The van der Waals surface area contributed by atoms with E-state index >= 15 is 0 Å². The van der Waals surface area contributed by atoms with Crippen molar-refractivity contribution in [1.82, 2.24) is 5.32 Å². The molecule has 0 saturated carbocycles. The zero-order chi connectivity index (χ0) is 18.4. The van der Waals surface area contributed by atoms with Gasteiger partial charge in [-0.1, -0.05) is 55.8 Å². The maximum atomic E-state index is 12.7.